The molecule has 0 amide bonds. The van der Waals surface area contributed by atoms with E-state index in [1.165, 1.54) is 14.2 Å². The standard InChI is InChI=1S/C27H27N3O4/c1-4-5-13-24-29-23-12-8-11-21(27(32)34-3)25(23)30(24)17-18-14-15-22(28-16-18)19-9-6-7-10-20(19)26(31)33-2/h6-12,14-16H,4-5,13,17H2,1-3H3. The number of aromatic nitrogens is 3. The van der Waals surface area contributed by atoms with E-state index in [0.717, 1.165) is 41.7 Å². The maximum absolute atomic E-state index is 12.5. The molecule has 0 aliphatic heterocycles. The van der Waals surface area contributed by atoms with E-state index in [1.807, 2.05) is 36.4 Å². The Morgan fingerprint density at radius 3 is 2.35 bits per heavy atom. The number of hydrogen-bond donors (Lipinski definition) is 0. The van der Waals surface area contributed by atoms with Crippen LogP contribution < -0.4 is 0 Å². The van der Waals surface area contributed by atoms with Gasteiger partial charge in [-0.2, -0.15) is 0 Å². The van der Waals surface area contributed by atoms with E-state index in [-0.39, 0.29) is 5.97 Å². The van der Waals surface area contributed by atoms with E-state index < -0.39 is 5.97 Å². The summed E-state index contributed by atoms with van der Waals surface area (Å²) in [6.07, 6.45) is 4.64. The monoisotopic (exact) mass is 457 g/mol. The average molecular weight is 458 g/mol. The van der Waals surface area contributed by atoms with Crippen molar-refractivity contribution in [3.05, 3.63) is 83.3 Å². The molecule has 174 valence electrons. The van der Waals surface area contributed by atoms with E-state index in [2.05, 4.69) is 16.5 Å². The summed E-state index contributed by atoms with van der Waals surface area (Å²) in [4.78, 5) is 34.0. The van der Waals surface area contributed by atoms with Crippen LogP contribution in [-0.4, -0.2) is 40.7 Å². The third kappa shape index (κ3) is 4.55. The number of nitrogens with zero attached hydrogens (tertiary/aromatic N) is 3. The molecule has 4 rings (SSSR count). The summed E-state index contributed by atoms with van der Waals surface area (Å²) < 4.78 is 12.0. The summed E-state index contributed by atoms with van der Waals surface area (Å²) in [5.41, 5.74) is 4.84. The second-order valence-electron chi connectivity index (χ2n) is 7.97. The van der Waals surface area contributed by atoms with Gasteiger partial charge in [-0.1, -0.05) is 43.7 Å². The van der Waals surface area contributed by atoms with Gasteiger partial charge in [-0.25, -0.2) is 14.6 Å². The molecule has 4 aromatic rings. The molecule has 7 heteroatoms. The first kappa shape index (κ1) is 23.2. The van der Waals surface area contributed by atoms with E-state index >= 15 is 0 Å². The summed E-state index contributed by atoms with van der Waals surface area (Å²) in [5, 5.41) is 0. The molecule has 0 spiro atoms. The highest BCUT2D eigenvalue weighted by atomic mass is 16.5. The number of unbranched alkanes of at least 4 members (excludes halogenated alkanes) is 1. The zero-order valence-corrected chi connectivity index (χ0v) is 19.6. The zero-order chi connectivity index (χ0) is 24.1. The van der Waals surface area contributed by atoms with E-state index in [4.69, 9.17) is 14.5 Å². The number of pyridine rings is 1. The van der Waals surface area contributed by atoms with Gasteiger partial charge in [0.1, 0.15) is 5.82 Å². The highest BCUT2D eigenvalue weighted by Crippen LogP contribution is 2.26. The zero-order valence-electron chi connectivity index (χ0n) is 19.6. The Balaban J connectivity index is 1.73. The van der Waals surface area contributed by atoms with Crippen LogP contribution in [0.2, 0.25) is 0 Å². The van der Waals surface area contributed by atoms with Crippen LogP contribution in [0.5, 0.6) is 0 Å². The fraction of sp³-hybridized carbons (Fsp3) is 0.259. The first-order chi connectivity index (χ1) is 16.6. The maximum atomic E-state index is 12.5. The Labute approximate surface area is 198 Å². The Hall–Kier alpha value is -4.00. The van der Waals surface area contributed by atoms with Gasteiger partial charge >= 0.3 is 11.9 Å². The predicted molar refractivity (Wildman–Crippen MR) is 130 cm³/mol. The number of carbonyl (C=O) groups excluding carboxylic acids is 2. The van der Waals surface area contributed by atoms with Gasteiger partial charge in [-0.15, -0.1) is 0 Å². The normalized spacial score (nSPS) is 10.9. The summed E-state index contributed by atoms with van der Waals surface area (Å²) in [6, 6.07) is 16.6. The molecule has 0 aliphatic rings. The molecule has 2 aromatic carbocycles. The summed E-state index contributed by atoms with van der Waals surface area (Å²) in [6.45, 7) is 2.65. The number of aryl methyl sites for hydroxylation is 1. The van der Waals surface area contributed by atoms with Gasteiger partial charge in [0.2, 0.25) is 0 Å². The third-order valence-corrected chi connectivity index (χ3v) is 5.78. The first-order valence-corrected chi connectivity index (χ1v) is 11.3. The van der Waals surface area contributed by atoms with E-state index in [9.17, 15) is 9.59 Å². The largest absolute Gasteiger partial charge is 0.465 e. The minimum absolute atomic E-state index is 0.387. The lowest BCUT2D eigenvalue weighted by Gasteiger charge is -2.12. The Morgan fingerprint density at radius 1 is 0.912 bits per heavy atom. The van der Waals surface area contributed by atoms with Crippen molar-refractivity contribution in [2.45, 2.75) is 32.7 Å². The van der Waals surface area contributed by atoms with Crippen molar-refractivity contribution in [3.63, 3.8) is 0 Å². The van der Waals surface area contributed by atoms with Crippen molar-refractivity contribution in [1.29, 1.82) is 0 Å². The number of ether oxygens (including phenoxy) is 2. The van der Waals surface area contributed by atoms with Crippen molar-refractivity contribution >= 4 is 23.0 Å². The molecular weight excluding hydrogens is 430 g/mol. The van der Waals surface area contributed by atoms with Gasteiger partial charge in [0.25, 0.3) is 0 Å². The van der Waals surface area contributed by atoms with Crippen LogP contribution in [-0.2, 0) is 22.4 Å². The first-order valence-electron chi connectivity index (χ1n) is 11.3. The molecule has 2 aromatic heterocycles. The molecule has 2 heterocycles. The van der Waals surface area contributed by atoms with Crippen molar-refractivity contribution in [1.82, 2.24) is 14.5 Å². The maximum Gasteiger partial charge on any atom is 0.340 e. The lowest BCUT2D eigenvalue weighted by molar-refractivity contribution is 0.0593. The van der Waals surface area contributed by atoms with Crippen molar-refractivity contribution in [2.75, 3.05) is 14.2 Å². The van der Waals surface area contributed by atoms with Crippen LogP contribution in [0.15, 0.2) is 60.8 Å². The average Bonchev–Trinajstić information content (AvgIpc) is 3.24. The van der Waals surface area contributed by atoms with Crippen molar-refractivity contribution in [3.8, 4) is 11.3 Å². The van der Waals surface area contributed by atoms with Gasteiger partial charge in [0, 0.05) is 18.2 Å². The number of fused-ring (bicyclic) bond motifs is 1. The number of carbonyl (C=O) groups is 2. The molecular formula is C27H27N3O4. The van der Waals surface area contributed by atoms with Gasteiger partial charge in [0.15, 0.2) is 0 Å². The van der Waals surface area contributed by atoms with Crippen LogP contribution >= 0.6 is 0 Å². The number of imidazole rings is 1. The lowest BCUT2D eigenvalue weighted by Crippen LogP contribution is -2.10. The molecule has 7 nitrogen and oxygen atoms in total. The predicted octanol–water partition coefficient (Wildman–Crippen LogP) is 5.06. The van der Waals surface area contributed by atoms with Crippen molar-refractivity contribution in [2.24, 2.45) is 0 Å². The van der Waals surface area contributed by atoms with Gasteiger partial charge in [0.05, 0.1) is 48.6 Å². The molecule has 34 heavy (non-hydrogen) atoms. The van der Waals surface area contributed by atoms with E-state index in [0.29, 0.717) is 28.9 Å². The second-order valence-corrected chi connectivity index (χ2v) is 7.97. The molecule has 0 N–H and O–H groups in total. The fourth-order valence-electron chi connectivity index (χ4n) is 4.06. The summed E-state index contributed by atoms with van der Waals surface area (Å²) in [7, 11) is 2.75. The Morgan fingerprint density at radius 2 is 1.65 bits per heavy atom. The quantitative estimate of drug-likeness (QED) is 0.344. The van der Waals surface area contributed by atoms with Crippen LogP contribution in [0, 0.1) is 0 Å². The summed E-state index contributed by atoms with van der Waals surface area (Å²) >= 11 is 0. The van der Waals surface area contributed by atoms with Crippen LogP contribution in [0.3, 0.4) is 0 Å². The minimum Gasteiger partial charge on any atom is -0.465 e. The molecule has 0 atom stereocenters. The molecule has 0 radical (unpaired) electrons. The number of esters is 2. The number of methoxy groups -OCH3 is 2. The number of rotatable bonds is 8. The van der Waals surface area contributed by atoms with Gasteiger partial charge in [-0.3, -0.25) is 4.98 Å². The Kier molecular flexibility index (Phi) is 7.01. The van der Waals surface area contributed by atoms with Crippen LogP contribution in [0.1, 0.15) is 51.9 Å². The lowest BCUT2D eigenvalue weighted by atomic mass is 10.0. The van der Waals surface area contributed by atoms with Crippen LogP contribution in [0.4, 0.5) is 0 Å². The smallest absolute Gasteiger partial charge is 0.340 e. The molecule has 0 aliphatic carbocycles. The topological polar surface area (TPSA) is 83.3 Å². The minimum atomic E-state index is -0.401. The van der Waals surface area contributed by atoms with Gasteiger partial charge < -0.3 is 14.0 Å². The SMILES string of the molecule is CCCCc1nc2cccc(C(=O)OC)c2n1Cc1ccc(-c2ccccc2C(=O)OC)nc1. The van der Waals surface area contributed by atoms with Crippen molar-refractivity contribution < 1.29 is 19.1 Å². The molecule has 0 saturated heterocycles. The van der Waals surface area contributed by atoms with Crippen LogP contribution in [0.25, 0.3) is 22.3 Å². The molecule has 0 unspecified atom stereocenters. The van der Waals surface area contributed by atoms with E-state index in [1.54, 1.807) is 24.4 Å². The number of hydrogen-bond acceptors (Lipinski definition) is 6. The van der Waals surface area contributed by atoms with Gasteiger partial charge in [-0.05, 0) is 36.2 Å². The molecule has 0 bridgehead atoms. The summed E-state index contributed by atoms with van der Waals surface area (Å²) in [5.74, 6) is 0.136. The second kappa shape index (κ2) is 10.3. The highest BCUT2D eigenvalue weighted by molar-refractivity contribution is 6.02. The molecule has 0 fully saturated rings. The Bertz CT molecular complexity index is 1330. The fourth-order valence-corrected chi connectivity index (χ4v) is 4.06. The number of benzene rings is 2. The molecule has 0 saturated carbocycles. The third-order valence-electron chi connectivity index (χ3n) is 5.78. The highest BCUT2D eigenvalue weighted by Gasteiger charge is 2.19. The number of para-hydroxylation sites is 1.